The average Bonchev–Trinajstić information content (AvgIpc) is 3.48. The summed E-state index contributed by atoms with van der Waals surface area (Å²) in [7, 11) is 0. The van der Waals surface area contributed by atoms with Crippen LogP contribution in [0.5, 0.6) is 0 Å². The maximum absolute atomic E-state index is 13.4. The van der Waals surface area contributed by atoms with Gasteiger partial charge in [-0.3, -0.25) is 4.90 Å². The van der Waals surface area contributed by atoms with Crippen LogP contribution in [0.3, 0.4) is 0 Å². The highest BCUT2D eigenvalue weighted by atomic mass is 16.6. The standard InChI is InChI=1S/C27H32N2O5/c1-26(2,3)34-24(31)28-14-18(15-30)29(27(17-28)12-13-27)25(32)33-16-23-21-10-6-4-8-19(21)20-9-5-7-11-22(20)23/h4-11,18,23,30H,12-17H2,1-3H3. The first-order valence-corrected chi connectivity index (χ1v) is 12.0. The number of fused-ring (bicyclic) bond motifs is 3. The third-order valence-corrected chi connectivity index (χ3v) is 7.01. The van der Waals surface area contributed by atoms with E-state index in [2.05, 4.69) is 24.3 Å². The molecule has 1 unspecified atom stereocenters. The molecule has 0 aromatic heterocycles. The van der Waals surface area contributed by atoms with E-state index in [1.54, 1.807) is 9.80 Å². The van der Waals surface area contributed by atoms with E-state index in [4.69, 9.17) is 9.47 Å². The molecule has 5 rings (SSSR count). The van der Waals surface area contributed by atoms with Crippen LogP contribution >= 0.6 is 0 Å². The van der Waals surface area contributed by atoms with Crippen LogP contribution in [0.4, 0.5) is 9.59 Å². The number of aliphatic hydroxyl groups is 1. The first kappa shape index (κ1) is 22.7. The van der Waals surface area contributed by atoms with Crippen LogP contribution in [-0.2, 0) is 9.47 Å². The normalized spacial score (nSPS) is 20.6. The topological polar surface area (TPSA) is 79.3 Å². The van der Waals surface area contributed by atoms with Gasteiger partial charge in [-0.15, -0.1) is 0 Å². The Kier molecular flexibility index (Phi) is 5.55. The van der Waals surface area contributed by atoms with Crippen molar-refractivity contribution in [2.75, 3.05) is 26.3 Å². The van der Waals surface area contributed by atoms with Crippen LogP contribution in [-0.4, -0.2) is 70.6 Å². The van der Waals surface area contributed by atoms with Crippen molar-refractivity contribution >= 4 is 12.2 Å². The van der Waals surface area contributed by atoms with E-state index in [1.807, 2.05) is 45.0 Å². The number of amides is 2. The molecule has 1 N–H and O–H groups in total. The summed E-state index contributed by atoms with van der Waals surface area (Å²) in [5, 5.41) is 10.1. The fraction of sp³-hybridized carbons (Fsp3) is 0.481. The lowest BCUT2D eigenvalue weighted by atomic mass is 9.98. The van der Waals surface area contributed by atoms with Gasteiger partial charge < -0.3 is 19.5 Å². The van der Waals surface area contributed by atoms with E-state index in [9.17, 15) is 14.7 Å². The number of nitrogens with zero attached hydrogens (tertiary/aromatic N) is 2. The smallest absolute Gasteiger partial charge is 0.410 e. The number of benzene rings is 2. The van der Waals surface area contributed by atoms with Gasteiger partial charge in [-0.05, 0) is 55.9 Å². The third kappa shape index (κ3) is 4.02. The van der Waals surface area contributed by atoms with Crippen LogP contribution in [0, 0.1) is 0 Å². The monoisotopic (exact) mass is 464 g/mol. The van der Waals surface area contributed by atoms with Crippen molar-refractivity contribution in [1.82, 2.24) is 9.80 Å². The average molecular weight is 465 g/mol. The van der Waals surface area contributed by atoms with Gasteiger partial charge in [0.15, 0.2) is 0 Å². The van der Waals surface area contributed by atoms with E-state index >= 15 is 0 Å². The maximum Gasteiger partial charge on any atom is 0.410 e. The second kappa shape index (κ2) is 8.31. The van der Waals surface area contributed by atoms with E-state index < -0.39 is 29.4 Å². The minimum absolute atomic E-state index is 0.0258. The molecule has 7 heteroatoms. The number of aliphatic hydroxyl groups excluding tert-OH is 1. The molecule has 2 aromatic carbocycles. The van der Waals surface area contributed by atoms with Crippen molar-refractivity contribution in [2.24, 2.45) is 0 Å². The fourth-order valence-electron chi connectivity index (χ4n) is 5.37. The lowest BCUT2D eigenvalue weighted by Gasteiger charge is -2.46. The molecule has 2 aromatic rings. The molecule has 0 radical (unpaired) electrons. The van der Waals surface area contributed by atoms with E-state index in [0.717, 1.165) is 24.0 Å². The SMILES string of the molecule is CC(C)(C)OC(=O)N1CC(CO)N(C(=O)OCC2c3ccccc3-c3ccccc32)C2(CC2)C1. The lowest BCUT2D eigenvalue weighted by Crippen LogP contribution is -2.64. The van der Waals surface area contributed by atoms with Crippen molar-refractivity contribution in [3.05, 3.63) is 59.7 Å². The number of hydrogen-bond acceptors (Lipinski definition) is 5. The Labute approximate surface area is 200 Å². The molecule has 1 atom stereocenters. The molecule has 0 bridgehead atoms. The summed E-state index contributed by atoms with van der Waals surface area (Å²) in [6, 6.07) is 15.9. The largest absolute Gasteiger partial charge is 0.448 e. The molecule has 2 fully saturated rings. The number of carbonyl (C=O) groups excluding carboxylic acids is 2. The van der Waals surface area contributed by atoms with Gasteiger partial charge >= 0.3 is 12.2 Å². The van der Waals surface area contributed by atoms with Crippen LogP contribution in [0.15, 0.2) is 48.5 Å². The van der Waals surface area contributed by atoms with Gasteiger partial charge in [0, 0.05) is 19.0 Å². The summed E-state index contributed by atoms with van der Waals surface area (Å²) in [5.41, 5.74) is 3.57. The number of carbonyl (C=O) groups is 2. The molecule has 1 saturated carbocycles. The zero-order chi connectivity index (χ0) is 24.1. The number of hydrogen-bond donors (Lipinski definition) is 1. The molecule has 1 aliphatic heterocycles. The molecule has 2 amide bonds. The molecular formula is C27H32N2O5. The summed E-state index contributed by atoms with van der Waals surface area (Å²) in [6.45, 7) is 6.08. The highest BCUT2D eigenvalue weighted by Gasteiger charge is 2.58. The van der Waals surface area contributed by atoms with Crippen molar-refractivity contribution < 1.29 is 24.2 Å². The molecule has 1 spiro atoms. The van der Waals surface area contributed by atoms with Crippen molar-refractivity contribution in [2.45, 2.75) is 56.7 Å². The van der Waals surface area contributed by atoms with Crippen LogP contribution in [0.2, 0.25) is 0 Å². The predicted octanol–water partition coefficient (Wildman–Crippen LogP) is 4.38. The first-order chi connectivity index (χ1) is 16.2. The van der Waals surface area contributed by atoms with Gasteiger partial charge in [-0.1, -0.05) is 48.5 Å². The molecule has 3 aliphatic rings. The van der Waals surface area contributed by atoms with Crippen molar-refractivity contribution in [1.29, 1.82) is 0 Å². The van der Waals surface area contributed by atoms with Gasteiger partial charge in [0.1, 0.15) is 12.2 Å². The Bertz CT molecular complexity index is 1060. The third-order valence-electron chi connectivity index (χ3n) is 7.01. The molecule has 2 aliphatic carbocycles. The predicted molar refractivity (Wildman–Crippen MR) is 128 cm³/mol. The van der Waals surface area contributed by atoms with E-state index in [0.29, 0.717) is 6.54 Å². The number of piperazine rings is 1. The van der Waals surface area contributed by atoms with Crippen LogP contribution in [0.25, 0.3) is 11.1 Å². The van der Waals surface area contributed by atoms with Crippen molar-refractivity contribution in [3.8, 4) is 11.1 Å². The maximum atomic E-state index is 13.4. The van der Waals surface area contributed by atoms with Crippen LogP contribution in [0.1, 0.15) is 50.7 Å². The molecule has 180 valence electrons. The Morgan fingerprint density at radius 1 is 1.00 bits per heavy atom. The van der Waals surface area contributed by atoms with Gasteiger partial charge in [-0.2, -0.15) is 0 Å². The second-order valence-corrected chi connectivity index (χ2v) is 10.6. The molecule has 1 heterocycles. The summed E-state index contributed by atoms with van der Waals surface area (Å²) in [4.78, 5) is 29.4. The minimum atomic E-state index is -0.605. The van der Waals surface area contributed by atoms with E-state index in [1.165, 1.54) is 11.1 Å². The summed E-state index contributed by atoms with van der Waals surface area (Å²) in [5.74, 6) is -0.0258. The first-order valence-electron chi connectivity index (χ1n) is 12.0. The molecule has 7 nitrogen and oxygen atoms in total. The number of rotatable bonds is 3. The summed E-state index contributed by atoms with van der Waals surface area (Å²) in [6.07, 6.45) is 0.701. The summed E-state index contributed by atoms with van der Waals surface area (Å²) >= 11 is 0. The highest BCUT2D eigenvalue weighted by Crippen LogP contribution is 2.48. The van der Waals surface area contributed by atoms with Gasteiger partial charge in [0.25, 0.3) is 0 Å². The molecule has 34 heavy (non-hydrogen) atoms. The molecular weight excluding hydrogens is 432 g/mol. The fourth-order valence-corrected chi connectivity index (χ4v) is 5.37. The van der Waals surface area contributed by atoms with Gasteiger partial charge in [0.2, 0.25) is 0 Å². The zero-order valence-electron chi connectivity index (χ0n) is 20.0. The van der Waals surface area contributed by atoms with Crippen LogP contribution < -0.4 is 0 Å². The minimum Gasteiger partial charge on any atom is -0.448 e. The van der Waals surface area contributed by atoms with Gasteiger partial charge in [-0.25, -0.2) is 9.59 Å². The Morgan fingerprint density at radius 3 is 2.12 bits per heavy atom. The Balaban J connectivity index is 1.31. The quantitative estimate of drug-likeness (QED) is 0.729. The Hall–Kier alpha value is -3.06. The number of ether oxygens (including phenoxy) is 2. The lowest BCUT2D eigenvalue weighted by molar-refractivity contribution is -0.0313. The van der Waals surface area contributed by atoms with Crippen molar-refractivity contribution in [3.63, 3.8) is 0 Å². The Morgan fingerprint density at radius 2 is 1.59 bits per heavy atom. The second-order valence-electron chi connectivity index (χ2n) is 10.6. The zero-order valence-corrected chi connectivity index (χ0v) is 20.0. The van der Waals surface area contributed by atoms with E-state index in [-0.39, 0.29) is 25.7 Å². The molecule has 1 saturated heterocycles. The summed E-state index contributed by atoms with van der Waals surface area (Å²) < 4.78 is 11.4. The van der Waals surface area contributed by atoms with Gasteiger partial charge in [0.05, 0.1) is 18.2 Å². The highest BCUT2D eigenvalue weighted by molar-refractivity contribution is 5.79.